The van der Waals surface area contributed by atoms with Gasteiger partial charge in [0.1, 0.15) is 5.82 Å². The van der Waals surface area contributed by atoms with E-state index in [1.165, 1.54) is 48.4 Å². The Morgan fingerprint density at radius 3 is 2.32 bits per heavy atom. The zero-order valence-electron chi connectivity index (χ0n) is 19.7. The quantitative estimate of drug-likeness (QED) is 0.239. The van der Waals surface area contributed by atoms with Crippen molar-refractivity contribution < 1.29 is 22.7 Å². The number of rotatable bonds is 9. The van der Waals surface area contributed by atoms with Gasteiger partial charge in [0.25, 0.3) is 15.9 Å². The normalized spacial score (nSPS) is 11.1. The number of carbonyl (C=O) groups excluding carboxylic acids is 2. The highest BCUT2D eigenvalue weighted by Gasteiger charge is 2.16. The molecule has 0 radical (unpaired) electrons. The summed E-state index contributed by atoms with van der Waals surface area (Å²) in [5.41, 5.74) is 1.39. The number of ether oxygens (including phenoxy) is 1. The molecule has 2 N–H and O–H groups in total. The molecule has 2 aromatic heterocycles. The van der Waals surface area contributed by atoms with Gasteiger partial charge in [0.2, 0.25) is 5.95 Å². The molecule has 1 amide bonds. The average molecular weight is 540 g/mol. The molecule has 0 aliphatic heterocycles. The molecule has 0 spiro atoms. The van der Waals surface area contributed by atoms with Gasteiger partial charge in [-0.05, 0) is 67.8 Å². The Balaban J connectivity index is 1.31. The van der Waals surface area contributed by atoms with Crippen molar-refractivity contribution in [3.05, 3.63) is 78.4 Å². The van der Waals surface area contributed by atoms with Gasteiger partial charge in [0, 0.05) is 23.8 Å². The molecule has 12 nitrogen and oxygen atoms in total. The second-order valence-corrected chi connectivity index (χ2v) is 9.90. The van der Waals surface area contributed by atoms with Crippen LogP contribution in [0.2, 0.25) is 0 Å². The number of hydrogen-bond donors (Lipinski definition) is 2. The minimum atomic E-state index is -3.90. The maximum Gasteiger partial charge on any atom is 0.338 e. The third kappa shape index (κ3) is 6.29. The Kier molecular flexibility index (Phi) is 7.79. The molecular weight excluding hydrogens is 518 g/mol. The minimum Gasteiger partial charge on any atom is -0.452 e. The van der Waals surface area contributed by atoms with E-state index in [2.05, 4.69) is 30.2 Å². The van der Waals surface area contributed by atoms with Crippen molar-refractivity contribution >= 4 is 45.3 Å². The summed E-state index contributed by atoms with van der Waals surface area (Å²) in [5.74, 6) is -0.595. The summed E-state index contributed by atoms with van der Waals surface area (Å²) in [7, 11) is -3.90. The molecule has 0 saturated heterocycles. The number of aromatic nitrogens is 5. The zero-order chi connectivity index (χ0) is 26.4. The number of amides is 1. The Labute approximate surface area is 216 Å². The first-order valence-corrected chi connectivity index (χ1v) is 13.4. The first-order valence-electron chi connectivity index (χ1n) is 10.7. The van der Waals surface area contributed by atoms with Crippen LogP contribution in [0.5, 0.6) is 0 Å². The van der Waals surface area contributed by atoms with Crippen molar-refractivity contribution in [3.8, 4) is 5.69 Å². The summed E-state index contributed by atoms with van der Waals surface area (Å²) in [6.07, 6.45) is 4.71. The van der Waals surface area contributed by atoms with Gasteiger partial charge >= 0.3 is 5.97 Å². The van der Waals surface area contributed by atoms with Crippen LogP contribution in [-0.2, 0) is 19.6 Å². The highest BCUT2D eigenvalue weighted by Crippen LogP contribution is 2.20. The molecule has 37 heavy (non-hydrogen) atoms. The van der Waals surface area contributed by atoms with E-state index in [1.54, 1.807) is 30.3 Å². The number of sulfonamides is 1. The topological polar surface area (TPSA) is 158 Å². The van der Waals surface area contributed by atoms with E-state index in [0.717, 1.165) is 10.8 Å². The maximum absolute atomic E-state index is 12.4. The molecule has 190 valence electrons. The molecule has 0 atom stereocenters. The van der Waals surface area contributed by atoms with Gasteiger partial charge in [-0.1, -0.05) is 11.8 Å². The largest absolute Gasteiger partial charge is 0.452 e. The van der Waals surface area contributed by atoms with E-state index in [4.69, 9.17) is 4.74 Å². The Morgan fingerprint density at radius 1 is 1.00 bits per heavy atom. The van der Waals surface area contributed by atoms with Crippen molar-refractivity contribution in [1.82, 2.24) is 24.7 Å². The van der Waals surface area contributed by atoms with Crippen LogP contribution >= 0.6 is 11.8 Å². The van der Waals surface area contributed by atoms with E-state index >= 15 is 0 Å². The van der Waals surface area contributed by atoms with Gasteiger partial charge in [-0.2, -0.15) is 0 Å². The van der Waals surface area contributed by atoms with Gasteiger partial charge < -0.3 is 10.1 Å². The lowest BCUT2D eigenvalue weighted by molar-refractivity contribution is -0.119. The van der Waals surface area contributed by atoms with E-state index in [9.17, 15) is 18.0 Å². The number of thioether (sulfide) groups is 1. The molecule has 0 unspecified atom stereocenters. The van der Waals surface area contributed by atoms with Crippen molar-refractivity contribution in [3.63, 3.8) is 0 Å². The Bertz CT molecular complexity index is 1510. The number of esters is 1. The molecule has 0 saturated carbocycles. The molecule has 4 aromatic rings. The monoisotopic (exact) mass is 539 g/mol. The highest BCUT2D eigenvalue weighted by atomic mass is 32.2. The summed E-state index contributed by atoms with van der Waals surface area (Å²) in [4.78, 5) is 32.2. The SMILES string of the molecule is CSc1nnc(C)n1-c1ccc(C(=O)OCC(=O)Nc2ccc(S(=O)(=O)Nc3ncccn3)cc2)cc1. The molecule has 0 aliphatic carbocycles. The van der Waals surface area contributed by atoms with E-state index in [-0.39, 0.29) is 16.4 Å². The molecule has 2 heterocycles. The van der Waals surface area contributed by atoms with E-state index < -0.39 is 28.5 Å². The van der Waals surface area contributed by atoms with Crippen molar-refractivity contribution in [1.29, 1.82) is 0 Å². The Morgan fingerprint density at radius 2 is 1.68 bits per heavy atom. The first kappa shape index (κ1) is 25.8. The number of benzene rings is 2. The Hall–Kier alpha value is -4.30. The fourth-order valence-corrected chi connectivity index (χ4v) is 4.68. The van der Waals surface area contributed by atoms with Crippen LogP contribution in [0.1, 0.15) is 16.2 Å². The molecular formula is C23H21N7O5S2. The summed E-state index contributed by atoms with van der Waals surface area (Å²) < 4.78 is 34.1. The molecule has 4 rings (SSSR count). The smallest absolute Gasteiger partial charge is 0.338 e. The lowest BCUT2D eigenvalue weighted by Crippen LogP contribution is -2.21. The van der Waals surface area contributed by atoms with Crippen LogP contribution in [0.4, 0.5) is 11.6 Å². The zero-order valence-corrected chi connectivity index (χ0v) is 21.3. The molecule has 0 bridgehead atoms. The number of carbonyl (C=O) groups is 2. The summed E-state index contributed by atoms with van der Waals surface area (Å²) >= 11 is 1.45. The van der Waals surface area contributed by atoms with Crippen LogP contribution in [0, 0.1) is 6.92 Å². The van der Waals surface area contributed by atoms with Crippen LogP contribution in [0.3, 0.4) is 0 Å². The fraction of sp³-hybridized carbons (Fsp3) is 0.130. The lowest BCUT2D eigenvalue weighted by Gasteiger charge is -2.10. The minimum absolute atomic E-state index is 0.0425. The predicted molar refractivity (Wildman–Crippen MR) is 136 cm³/mol. The van der Waals surface area contributed by atoms with E-state index in [1.807, 2.05) is 17.7 Å². The standard InChI is InChI=1S/C23H21N7O5S2/c1-15-27-28-23(36-2)30(15)18-8-4-16(5-9-18)21(32)35-14-20(31)26-17-6-10-19(11-7-17)37(33,34)29-22-24-12-3-13-25-22/h3-13H,14H2,1-2H3,(H,26,31)(H,24,25,29). The fourth-order valence-electron chi connectivity index (χ4n) is 3.18. The number of nitrogens with zero attached hydrogens (tertiary/aromatic N) is 5. The van der Waals surface area contributed by atoms with Gasteiger partial charge in [-0.15, -0.1) is 10.2 Å². The maximum atomic E-state index is 12.4. The van der Waals surface area contributed by atoms with Crippen molar-refractivity contribution in [2.24, 2.45) is 0 Å². The van der Waals surface area contributed by atoms with Gasteiger partial charge in [-0.25, -0.2) is 27.9 Å². The summed E-state index contributed by atoms with van der Waals surface area (Å²) in [6, 6.07) is 13.7. The van der Waals surface area contributed by atoms with Crippen molar-refractivity contribution in [2.45, 2.75) is 17.0 Å². The van der Waals surface area contributed by atoms with Crippen LogP contribution in [-0.4, -0.2) is 57.9 Å². The molecule has 14 heteroatoms. The second kappa shape index (κ2) is 11.2. The van der Waals surface area contributed by atoms with Crippen LogP contribution in [0.25, 0.3) is 5.69 Å². The number of hydrogen-bond acceptors (Lipinski definition) is 10. The van der Waals surface area contributed by atoms with Gasteiger partial charge in [-0.3, -0.25) is 9.36 Å². The predicted octanol–water partition coefficient (Wildman–Crippen LogP) is 2.68. The third-order valence-corrected chi connectivity index (χ3v) is 6.89. The van der Waals surface area contributed by atoms with Gasteiger partial charge in [0.05, 0.1) is 10.5 Å². The number of aryl methyl sites for hydroxylation is 1. The lowest BCUT2D eigenvalue weighted by atomic mass is 10.2. The highest BCUT2D eigenvalue weighted by molar-refractivity contribution is 7.98. The molecule has 0 aliphatic rings. The second-order valence-electron chi connectivity index (χ2n) is 7.44. The van der Waals surface area contributed by atoms with Crippen LogP contribution in [0.15, 0.2) is 77.0 Å². The first-order chi connectivity index (χ1) is 17.8. The number of nitrogens with one attached hydrogen (secondary N) is 2. The molecule has 0 fully saturated rings. The number of anilines is 2. The van der Waals surface area contributed by atoms with Crippen molar-refractivity contribution in [2.75, 3.05) is 22.9 Å². The van der Waals surface area contributed by atoms with Crippen LogP contribution < -0.4 is 10.0 Å². The average Bonchev–Trinajstić information content (AvgIpc) is 3.28. The summed E-state index contributed by atoms with van der Waals surface area (Å²) in [6.45, 7) is 1.31. The third-order valence-electron chi connectivity index (χ3n) is 4.91. The summed E-state index contributed by atoms with van der Waals surface area (Å²) in [5, 5.41) is 11.4. The van der Waals surface area contributed by atoms with E-state index in [0.29, 0.717) is 11.5 Å². The molecule has 2 aromatic carbocycles. The van der Waals surface area contributed by atoms with Gasteiger partial charge in [0.15, 0.2) is 11.8 Å².